The molecule has 0 saturated carbocycles. The lowest BCUT2D eigenvalue weighted by Gasteiger charge is -2.32. The van der Waals surface area contributed by atoms with E-state index < -0.39 is 0 Å². The first kappa shape index (κ1) is 9.50. The maximum atomic E-state index is 5.04. The molecule has 0 fully saturated rings. The molecule has 0 saturated heterocycles. The maximum absolute atomic E-state index is 5.04. The Morgan fingerprint density at radius 3 is 1.90 bits per heavy atom. The first-order valence-corrected chi connectivity index (χ1v) is 3.33. The van der Waals surface area contributed by atoms with Crippen LogP contribution in [0.25, 0.3) is 0 Å². The molecule has 0 N–H and O–H groups in total. The van der Waals surface area contributed by atoms with Gasteiger partial charge in [-0.15, -0.1) is 0 Å². The van der Waals surface area contributed by atoms with Crippen LogP contribution in [0.5, 0.6) is 0 Å². The molecule has 0 aliphatic heterocycles. The Kier molecular flexibility index (Phi) is 2.91. The lowest BCUT2D eigenvalue weighted by atomic mass is 10.0. The number of rotatable bonds is 3. The average molecular weight is 143 g/mol. The summed E-state index contributed by atoms with van der Waals surface area (Å²) in [4.78, 5) is 2.07. The van der Waals surface area contributed by atoms with Crippen LogP contribution in [0.3, 0.4) is 0 Å². The van der Waals surface area contributed by atoms with Crippen molar-refractivity contribution >= 4 is 0 Å². The van der Waals surface area contributed by atoms with Gasteiger partial charge in [-0.2, -0.15) is 0 Å². The molecule has 0 bridgehead atoms. The molecule has 0 amide bonds. The Bertz CT molecular complexity index is 127. The molecule has 2 heteroatoms. The summed E-state index contributed by atoms with van der Waals surface area (Å²) >= 11 is 0. The van der Waals surface area contributed by atoms with Crippen LogP contribution in [0, 0.1) is 0 Å². The van der Waals surface area contributed by atoms with Gasteiger partial charge in [-0.05, 0) is 27.9 Å². The SMILES string of the molecule is C=C(OC)C(C)(C)N(C)C. The number of hydrogen-bond acceptors (Lipinski definition) is 2. The minimum atomic E-state index is -0.0747. The summed E-state index contributed by atoms with van der Waals surface area (Å²) in [5.41, 5.74) is -0.0747. The van der Waals surface area contributed by atoms with Crippen molar-refractivity contribution in [1.29, 1.82) is 0 Å². The molecule has 0 radical (unpaired) electrons. The Morgan fingerprint density at radius 2 is 1.80 bits per heavy atom. The Morgan fingerprint density at radius 1 is 1.40 bits per heavy atom. The van der Waals surface area contributed by atoms with Gasteiger partial charge >= 0.3 is 0 Å². The second kappa shape index (κ2) is 3.06. The topological polar surface area (TPSA) is 12.5 Å². The molecule has 0 aromatic rings. The van der Waals surface area contributed by atoms with Crippen LogP contribution >= 0.6 is 0 Å². The highest BCUT2D eigenvalue weighted by Gasteiger charge is 2.24. The molecule has 0 aliphatic carbocycles. The van der Waals surface area contributed by atoms with Crippen LogP contribution in [0.2, 0.25) is 0 Å². The molecular formula is C8H17NO. The van der Waals surface area contributed by atoms with Crippen molar-refractivity contribution in [2.75, 3.05) is 21.2 Å². The summed E-state index contributed by atoms with van der Waals surface area (Å²) in [6, 6.07) is 0. The largest absolute Gasteiger partial charge is 0.500 e. The van der Waals surface area contributed by atoms with Gasteiger partial charge in [-0.25, -0.2) is 0 Å². The van der Waals surface area contributed by atoms with Crippen molar-refractivity contribution in [3.05, 3.63) is 12.3 Å². The lowest BCUT2D eigenvalue weighted by Crippen LogP contribution is -2.40. The third-order valence-corrected chi connectivity index (χ3v) is 2.05. The third kappa shape index (κ3) is 1.74. The zero-order chi connectivity index (χ0) is 8.36. The van der Waals surface area contributed by atoms with Crippen molar-refractivity contribution in [3.63, 3.8) is 0 Å². The monoisotopic (exact) mass is 143 g/mol. The van der Waals surface area contributed by atoms with Gasteiger partial charge in [-0.3, -0.25) is 4.90 Å². The molecule has 2 nitrogen and oxygen atoms in total. The quantitative estimate of drug-likeness (QED) is 0.555. The summed E-state index contributed by atoms with van der Waals surface area (Å²) in [5, 5.41) is 0. The predicted octanol–water partition coefficient (Wildman–Crippen LogP) is 1.49. The molecule has 0 aromatic carbocycles. The molecule has 0 heterocycles. The normalized spacial score (nSPS) is 11.8. The Labute approximate surface area is 63.5 Å². The zero-order valence-electron chi connectivity index (χ0n) is 7.56. The number of methoxy groups -OCH3 is 1. The third-order valence-electron chi connectivity index (χ3n) is 2.05. The van der Waals surface area contributed by atoms with E-state index in [1.54, 1.807) is 7.11 Å². The number of nitrogens with zero attached hydrogens (tertiary/aromatic N) is 1. The fourth-order valence-corrected chi connectivity index (χ4v) is 0.499. The van der Waals surface area contributed by atoms with Crippen LogP contribution in [-0.4, -0.2) is 31.6 Å². The highest BCUT2D eigenvalue weighted by atomic mass is 16.5. The highest BCUT2D eigenvalue weighted by molar-refractivity contribution is 5.04. The van der Waals surface area contributed by atoms with Crippen molar-refractivity contribution in [2.45, 2.75) is 19.4 Å². The van der Waals surface area contributed by atoms with E-state index in [9.17, 15) is 0 Å². The minimum absolute atomic E-state index is 0.0747. The van der Waals surface area contributed by atoms with E-state index in [0.717, 1.165) is 5.76 Å². The molecule has 0 aliphatic rings. The summed E-state index contributed by atoms with van der Waals surface area (Å²) in [5.74, 6) is 0.789. The van der Waals surface area contributed by atoms with Crippen molar-refractivity contribution in [3.8, 4) is 0 Å². The predicted molar refractivity (Wildman–Crippen MR) is 43.9 cm³/mol. The lowest BCUT2D eigenvalue weighted by molar-refractivity contribution is 0.137. The highest BCUT2D eigenvalue weighted by Crippen LogP contribution is 2.19. The van der Waals surface area contributed by atoms with Gasteiger partial charge < -0.3 is 4.74 Å². The van der Waals surface area contributed by atoms with E-state index in [-0.39, 0.29) is 5.54 Å². The van der Waals surface area contributed by atoms with Gasteiger partial charge in [0.2, 0.25) is 0 Å². The van der Waals surface area contributed by atoms with E-state index in [2.05, 4.69) is 25.3 Å². The van der Waals surface area contributed by atoms with E-state index in [1.165, 1.54) is 0 Å². The standard InChI is InChI=1S/C8H17NO/c1-7(10-6)8(2,3)9(4)5/h1H2,2-6H3. The van der Waals surface area contributed by atoms with Crippen LogP contribution in [0.15, 0.2) is 12.3 Å². The van der Waals surface area contributed by atoms with Gasteiger partial charge in [0, 0.05) is 0 Å². The van der Waals surface area contributed by atoms with Crippen LogP contribution < -0.4 is 0 Å². The second-order valence-electron chi connectivity index (χ2n) is 3.08. The maximum Gasteiger partial charge on any atom is 0.108 e. The Balaban J connectivity index is 4.24. The van der Waals surface area contributed by atoms with E-state index in [4.69, 9.17) is 4.74 Å². The van der Waals surface area contributed by atoms with Crippen molar-refractivity contribution in [1.82, 2.24) is 4.90 Å². The van der Waals surface area contributed by atoms with E-state index in [1.807, 2.05) is 14.1 Å². The number of likely N-dealkylation sites (N-methyl/N-ethyl adjacent to an activating group) is 1. The van der Waals surface area contributed by atoms with Gasteiger partial charge in [0.25, 0.3) is 0 Å². The van der Waals surface area contributed by atoms with Crippen LogP contribution in [0.1, 0.15) is 13.8 Å². The molecule has 0 atom stereocenters. The summed E-state index contributed by atoms with van der Waals surface area (Å²) in [6.45, 7) is 7.94. The molecule has 10 heavy (non-hydrogen) atoms. The average Bonchev–Trinajstić information content (AvgIpc) is 1.86. The fourth-order valence-electron chi connectivity index (χ4n) is 0.499. The molecule has 0 spiro atoms. The first-order chi connectivity index (χ1) is 4.42. The molecule has 60 valence electrons. The summed E-state index contributed by atoms with van der Waals surface area (Å²) in [6.07, 6.45) is 0. The minimum Gasteiger partial charge on any atom is -0.500 e. The van der Waals surface area contributed by atoms with Gasteiger partial charge in [0.15, 0.2) is 0 Å². The number of hydrogen-bond donors (Lipinski definition) is 0. The van der Waals surface area contributed by atoms with Crippen molar-refractivity contribution < 1.29 is 4.74 Å². The molecular weight excluding hydrogens is 126 g/mol. The molecule has 0 rings (SSSR count). The van der Waals surface area contributed by atoms with Crippen LogP contribution in [0.4, 0.5) is 0 Å². The molecule has 0 aromatic heterocycles. The molecule has 0 unspecified atom stereocenters. The van der Waals surface area contributed by atoms with Gasteiger partial charge in [0.05, 0.1) is 12.6 Å². The zero-order valence-corrected chi connectivity index (χ0v) is 7.56. The number of ether oxygens (including phenoxy) is 1. The second-order valence-corrected chi connectivity index (χ2v) is 3.08. The van der Waals surface area contributed by atoms with Gasteiger partial charge in [0.1, 0.15) is 5.76 Å². The van der Waals surface area contributed by atoms with Gasteiger partial charge in [-0.1, -0.05) is 6.58 Å². The van der Waals surface area contributed by atoms with Crippen LogP contribution in [-0.2, 0) is 4.74 Å². The summed E-state index contributed by atoms with van der Waals surface area (Å²) in [7, 11) is 5.65. The Hall–Kier alpha value is -0.500. The fraction of sp³-hybridized carbons (Fsp3) is 0.750. The van der Waals surface area contributed by atoms with E-state index in [0.29, 0.717) is 0 Å². The summed E-state index contributed by atoms with van der Waals surface area (Å²) < 4.78 is 5.04. The smallest absolute Gasteiger partial charge is 0.108 e. The van der Waals surface area contributed by atoms with E-state index >= 15 is 0 Å². The van der Waals surface area contributed by atoms with Crippen molar-refractivity contribution in [2.24, 2.45) is 0 Å². The first-order valence-electron chi connectivity index (χ1n) is 3.33.